The molecular weight excluding hydrogens is 298 g/mol. The summed E-state index contributed by atoms with van der Waals surface area (Å²) in [6.45, 7) is 4.92. The van der Waals surface area contributed by atoms with Crippen LogP contribution in [0.2, 0.25) is 0 Å². The zero-order valence-electron chi connectivity index (χ0n) is 13.2. The Morgan fingerprint density at radius 1 is 1.52 bits per heavy atom. The molecule has 0 aromatic carbocycles. The SMILES string of the molecule is CC#CCn1c(N2CCNCC2)nc(C(O)C#N)c1C(=O)OC. The van der Waals surface area contributed by atoms with Gasteiger partial charge in [-0.15, -0.1) is 5.92 Å². The highest BCUT2D eigenvalue weighted by atomic mass is 16.5. The first-order valence-corrected chi connectivity index (χ1v) is 7.25. The molecule has 1 unspecified atom stereocenters. The molecule has 0 spiro atoms. The quantitative estimate of drug-likeness (QED) is 0.445. The molecule has 0 aliphatic carbocycles. The van der Waals surface area contributed by atoms with Gasteiger partial charge in [0.05, 0.1) is 13.7 Å². The lowest BCUT2D eigenvalue weighted by Gasteiger charge is -2.28. The molecule has 1 aliphatic rings. The summed E-state index contributed by atoms with van der Waals surface area (Å²) in [5, 5.41) is 22.1. The van der Waals surface area contributed by atoms with E-state index in [1.54, 1.807) is 17.6 Å². The maximum atomic E-state index is 12.2. The summed E-state index contributed by atoms with van der Waals surface area (Å²) in [6, 6.07) is 1.71. The number of nitrogens with zero attached hydrogens (tertiary/aromatic N) is 4. The normalized spacial score (nSPS) is 15.3. The molecule has 0 amide bonds. The topological polar surface area (TPSA) is 103 Å². The van der Waals surface area contributed by atoms with Crippen molar-refractivity contribution in [3.05, 3.63) is 11.4 Å². The summed E-state index contributed by atoms with van der Waals surface area (Å²) in [5.41, 5.74) is 0.0728. The second-order valence-corrected chi connectivity index (χ2v) is 4.92. The smallest absolute Gasteiger partial charge is 0.356 e. The summed E-state index contributed by atoms with van der Waals surface area (Å²) in [7, 11) is 1.25. The molecule has 8 nitrogen and oxygen atoms in total. The maximum absolute atomic E-state index is 12.2. The predicted octanol–water partition coefficient (Wildman–Crippen LogP) is -0.340. The average Bonchev–Trinajstić information content (AvgIpc) is 2.98. The van der Waals surface area contributed by atoms with Crippen LogP contribution in [0.25, 0.3) is 0 Å². The van der Waals surface area contributed by atoms with Crippen LogP contribution < -0.4 is 10.2 Å². The molecule has 1 atom stereocenters. The number of hydrogen-bond acceptors (Lipinski definition) is 7. The first-order chi connectivity index (χ1) is 11.1. The van der Waals surface area contributed by atoms with Crippen LogP contribution in [0.15, 0.2) is 0 Å². The summed E-state index contributed by atoms with van der Waals surface area (Å²) < 4.78 is 6.39. The Morgan fingerprint density at radius 3 is 2.78 bits per heavy atom. The van der Waals surface area contributed by atoms with Crippen LogP contribution in [0.1, 0.15) is 29.2 Å². The van der Waals surface area contributed by atoms with Crippen molar-refractivity contribution in [3.8, 4) is 17.9 Å². The molecule has 1 aliphatic heterocycles. The van der Waals surface area contributed by atoms with Gasteiger partial charge < -0.3 is 20.1 Å². The summed E-state index contributed by atoms with van der Waals surface area (Å²) in [6.07, 6.45) is -1.50. The highest BCUT2D eigenvalue weighted by Gasteiger charge is 2.30. The molecule has 0 bridgehead atoms. The Balaban J connectivity index is 2.58. The largest absolute Gasteiger partial charge is 0.464 e. The predicted molar refractivity (Wildman–Crippen MR) is 82.7 cm³/mol. The van der Waals surface area contributed by atoms with E-state index in [4.69, 9.17) is 10.00 Å². The molecule has 122 valence electrons. The van der Waals surface area contributed by atoms with Gasteiger partial charge in [-0.25, -0.2) is 9.78 Å². The van der Waals surface area contributed by atoms with Gasteiger partial charge in [0.1, 0.15) is 11.8 Å². The van der Waals surface area contributed by atoms with Crippen molar-refractivity contribution < 1.29 is 14.6 Å². The van der Waals surface area contributed by atoms with Crippen LogP contribution in [0.3, 0.4) is 0 Å². The Kier molecular flexibility index (Phi) is 5.58. The van der Waals surface area contributed by atoms with Gasteiger partial charge in [-0.1, -0.05) is 5.92 Å². The fraction of sp³-hybridized carbons (Fsp3) is 0.533. The van der Waals surface area contributed by atoms with Crippen molar-refractivity contribution in [2.75, 3.05) is 38.2 Å². The number of aliphatic hydroxyl groups is 1. The van der Waals surface area contributed by atoms with E-state index in [-0.39, 0.29) is 17.9 Å². The molecule has 23 heavy (non-hydrogen) atoms. The van der Waals surface area contributed by atoms with E-state index in [0.29, 0.717) is 19.0 Å². The molecule has 2 heterocycles. The third-order valence-electron chi connectivity index (χ3n) is 3.55. The lowest BCUT2D eigenvalue weighted by molar-refractivity contribution is 0.0583. The molecule has 2 rings (SSSR count). The summed E-state index contributed by atoms with van der Waals surface area (Å²) in [4.78, 5) is 18.5. The number of aromatic nitrogens is 2. The van der Waals surface area contributed by atoms with Crippen molar-refractivity contribution >= 4 is 11.9 Å². The number of rotatable bonds is 4. The number of carbonyl (C=O) groups excluding carboxylic acids is 1. The van der Waals surface area contributed by atoms with Crippen molar-refractivity contribution in [3.63, 3.8) is 0 Å². The minimum atomic E-state index is -1.50. The van der Waals surface area contributed by atoms with Gasteiger partial charge in [-0.05, 0) is 6.92 Å². The molecule has 1 aromatic heterocycles. The number of imidazole rings is 1. The summed E-state index contributed by atoms with van der Waals surface area (Å²) >= 11 is 0. The third-order valence-corrected chi connectivity index (χ3v) is 3.55. The number of methoxy groups -OCH3 is 1. The molecule has 8 heteroatoms. The number of anilines is 1. The van der Waals surface area contributed by atoms with E-state index in [1.165, 1.54) is 7.11 Å². The Hall–Kier alpha value is -2.55. The lowest BCUT2D eigenvalue weighted by atomic mass is 10.2. The number of hydrogen-bond donors (Lipinski definition) is 2. The Bertz CT molecular complexity index is 674. The third kappa shape index (κ3) is 3.45. The second-order valence-electron chi connectivity index (χ2n) is 4.92. The van der Waals surface area contributed by atoms with Crippen molar-refractivity contribution in [2.24, 2.45) is 0 Å². The minimum Gasteiger partial charge on any atom is -0.464 e. The average molecular weight is 317 g/mol. The number of aliphatic hydroxyl groups excluding tert-OH is 1. The van der Waals surface area contributed by atoms with Gasteiger partial charge in [0, 0.05) is 26.2 Å². The fourth-order valence-corrected chi connectivity index (χ4v) is 2.44. The van der Waals surface area contributed by atoms with Gasteiger partial charge >= 0.3 is 5.97 Å². The number of nitrogens with one attached hydrogen (secondary N) is 1. The molecule has 0 saturated carbocycles. The molecular formula is C15H19N5O3. The zero-order chi connectivity index (χ0) is 16.8. The fourth-order valence-electron chi connectivity index (χ4n) is 2.44. The number of esters is 1. The highest BCUT2D eigenvalue weighted by molar-refractivity contribution is 5.90. The maximum Gasteiger partial charge on any atom is 0.356 e. The van der Waals surface area contributed by atoms with Crippen LogP contribution >= 0.6 is 0 Å². The van der Waals surface area contributed by atoms with E-state index >= 15 is 0 Å². The monoisotopic (exact) mass is 317 g/mol. The van der Waals surface area contributed by atoms with E-state index in [9.17, 15) is 9.90 Å². The van der Waals surface area contributed by atoms with E-state index in [0.717, 1.165) is 13.1 Å². The van der Waals surface area contributed by atoms with E-state index in [2.05, 4.69) is 22.1 Å². The van der Waals surface area contributed by atoms with Gasteiger partial charge in [0.25, 0.3) is 0 Å². The van der Waals surface area contributed by atoms with Crippen molar-refractivity contribution in [2.45, 2.75) is 19.6 Å². The number of carbonyl (C=O) groups is 1. The van der Waals surface area contributed by atoms with E-state index in [1.807, 2.05) is 4.90 Å². The van der Waals surface area contributed by atoms with E-state index < -0.39 is 12.1 Å². The van der Waals surface area contributed by atoms with Crippen molar-refractivity contribution in [1.29, 1.82) is 5.26 Å². The first kappa shape index (κ1) is 16.8. The van der Waals surface area contributed by atoms with Gasteiger partial charge in [0.15, 0.2) is 11.8 Å². The number of nitriles is 1. The Labute approximate surface area is 134 Å². The van der Waals surface area contributed by atoms with Gasteiger partial charge in [-0.3, -0.25) is 4.57 Å². The molecule has 2 N–H and O–H groups in total. The standard InChI is InChI=1S/C15H19N5O3/c1-3-4-7-20-13(14(22)23-2)12(11(21)10-16)18-15(20)19-8-5-17-6-9-19/h11,17,21H,5-9H2,1-2H3. The van der Waals surface area contributed by atoms with Crippen LogP contribution in [0.4, 0.5) is 5.95 Å². The van der Waals surface area contributed by atoms with Crippen LogP contribution in [0.5, 0.6) is 0 Å². The lowest BCUT2D eigenvalue weighted by Crippen LogP contribution is -2.44. The first-order valence-electron chi connectivity index (χ1n) is 7.25. The van der Waals surface area contributed by atoms with Gasteiger partial charge in [0.2, 0.25) is 5.95 Å². The highest BCUT2D eigenvalue weighted by Crippen LogP contribution is 2.25. The molecule has 1 fully saturated rings. The van der Waals surface area contributed by atoms with Crippen LogP contribution in [-0.4, -0.2) is 53.9 Å². The molecule has 0 radical (unpaired) electrons. The minimum absolute atomic E-state index is 0.00536. The van der Waals surface area contributed by atoms with Crippen LogP contribution in [0, 0.1) is 23.2 Å². The Morgan fingerprint density at radius 2 is 2.22 bits per heavy atom. The molecule has 1 saturated heterocycles. The van der Waals surface area contributed by atoms with Crippen LogP contribution in [-0.2, 0) is 11.3 Å². The summed E-state index contributed by atoms with van der Waals surface area (Å²) in [5.74, 6) is 5.53. The second kappa shape index (κ2) is 7.63. The zero-order valence-corrected chi connectivity index (χ0v) is 13.2. The molecule has 1 aromatic rings. The number of ether oxygens (including phenoxy) is 1. The van der Waals surface area contributed by atoms with Gasteiger partial charge in [-0.2, -0.15) is 5.26 Å². The van der Waals surface area contributed by atoms with Crippen molar-refractivity contribution in [1.82, 2.24) is 14.9 Å². The number of piperazine rings is 1.